The second-order valence-electron chi connectivity index (χ2n) is 11.2. The Kier molecular flexibility index (Phi) is 11.3. The normalized spacial score (nSPS) is 14.6. The molecule has 0 heterocycles. The largest absolute Gasteiger partial charge is 0.352 e. The zero-order valence-corrected chi connectivity index (χ0v) is 27.2. The SMILES string of the molecule is CC[C@@H](C(=O)NC1CCCCC1)N(Cc1ccccc1C)C(=O)CN(c1ccc(C)cc1)S(=O)(=O)c1ccc(SC)cc1. The molecule has 0 bridgehead atoms. The van der Waals surface area contributed by atoms with Gasteiger partial charge in [0.2, 0.25) is 11.8 Å². The molecular formula is C34H43N3O4S2. The molecular weight excluding hydrogens is 579 g/mol. The number of carbonyl (C=O) groups is 2. The number of nitrogens with zero attached hydrogens (tertiary/aromatic N) is 2. The Morgan fingerprint density at radius 1 is 0.930 bits per heavy atom. The molecule has 3 aromatic carbocycles. The van der Waals surface area contributed by atoms with Gasteiger partial charge in [-0.25, -0.2) is 8.42 Å². The maximum absolute atomic E-state index is 14.3. The number of rotatable bonds is 12. The molecule has 43 heavy (non-hydrogen) atoms. The quantitative estimate of drug-likeness (QED) is 0.234. The highest BCUT2D eigenvalue weighted by atomic mass is 32.2. The molecule has 0 spiro atoms. The zero-order chi connectivity index (χ0) is 31.0. The maximum Gasteiger partial charge on any atom is 0.264 e. The van der Waals surface area contributed by atoms with Crippen molar-refractivity contribution < 1.29 is 18.0 Å². The number of hydrogen-bond acceptors (Lipinski definition) is 5. The van der Waals surface area contributed by atoms with E-state index in [0.717, 1.165) is 47.3 Å². The number of thioether (sulfide) groups is 1. The first-order chi connectivity index (χ1) is 20.6. The van der Waals surface area contributed by atoms with Crippen LogP contribution in [0.1, 0.15) is 62.1 Å². The fraction of sp³-hybridized carbons (Fsp3) is 0.412. The first-order valence-corrected chi connectivity index (χ1v) is 17.7. The standard InChI is InChI=1S/C34H43N3O4S2/c1-5-32(34(39)35-28-13-7-6-8-14-28)36(23-27-12-10-9-11-26(27)3)33(38)24-37(29-17-15-25(2)16-18-29)43(40,41)31-21-19-30(42-4)20-22-31/h9-12,15-22,28,32H,5-8,13-14,23-24H2,1-4H3,(H,35,39)/t32-/m0/s1. The van der Waals surface area contributed by atoms with Crippen LogP contribution in [0.4, 0.5) is 5.69 Å². The summed E-state index contributed by atoms with van der Waals surface area (Å²) in [7, 11) is -4.10. The van der Waals surface area contributed by atoms with Crippen LogP contribution in [0.15, 0.2) is 82.6 Å². The van der Waals surface area contributed by atoms with Crippen LogP contribution in [-0.4, -0.2) is 50.0 Å². The van der Waals surface area contributed by atoms with Gasteiger partial charge in [-0.05, 0) is 86.9 Å². The Balaban J connectivity index is 1.71. The Morgan fingerprint density at radius 3 is 2.19 bits per heavy atom. The van der Waals surface area contributed by atoms with Crippen molar-refractivity contribution in [1.82, 2.24) is 10.2 Å². The van der Waals surface area contributed by atoms with E-state index in [-0.39, 0.29) is 23.4 Å². The van der Waals surface area contributed by atoms with E-state index in [1.54, 1.807) is 41.3 Å². The molecule has 9 heteroatoms. The smallest absolute Gasteiger partial charge is 0.264 e. The van der Waals surface area contributed by atoms with Crippen molar-refractivity contribution in [2.24, 2.45) is 0 Å². The molecule has 0 aromatic heterocycles. The summed E-state index contributed by atoms with van der Waals surface area (Å²) in [5.41, 5.74) is 3.28. The molecule has 4 rings (SSSR count). The van der Waals surface area contributed by atoms with Crippen molar-refractivity contribution in [2.75, 3.05) is 17.1 Å². The van der Waals surface area contributed by atoms with Gasteiger partial charge in [0.1, 0.15) is 12.6 Å². The second-order valence-corrected chi connectivity index (χ2v) is 14.0. The summed E-state index contributed by atoms with van der Waals surface area (Å²) >= 11 is 1.52. The summed E-state index contributed by atoms with van der Waals surface area (Å²) in [6.45, 7) is 5.56. The topological polar surface area (TPSA) is 86.8 Å². The summed E-state index contributed by atoms with van der Waals surface area (Å²) in [4.78, 5) is 30.6. The van der Waals surface area contributed by atoms with Gasteiger partial charge in [0.25, 0.3) is 10.0 Å². The lowest BCUT2D eigenvalue weighted by Gasteiger charge is -2.34. The third kappa shape index (κ3) is 8.21. The van der Waals surface area contributed by atoms with Crippen LogP contribution in [-0.2, 0) is 26.2 Å². The lowest BCUT2D eigenvalue weighted by atomic mass is 9.95. The number of benzene rings is 3. The summed E-state index contributed by atoms with van der Waals surface area (Å²) in [5, 5.41) is 3.20. The number of sulfonamides is 1. The molecule has 7 nitrogen and oxygen atoms in total. The molecule has 0 saturated heterocycles. The lowest BCUT2D eigenvalue weighted by molar-refractivity contribution is -0.140. The van der Waals surface area contributed by atoms with E-state index in [9.17, 15) is 18.0 Å². The van der Waals surface area contributed by atoms with Gasteiger partial charge in [-0.15, -0.1) is 11.8 Å². The molecule has 1 N–H and O–H groups in total. The minimum Gasteiger partial charge on any atom is -0.352 e. The van der Waals surface area contributed by atoms with Crippen molar-refractivity contribution >= 4 is 39.3 Å². The number of aryl methyl sites for hydroxylation is 2. The number of hydrogen-bond donors (Lipinski definition) is 1. The molecule has 0 radical (unpaired) electrons. The van der Waals surface area contributed by atoms with E-state index >= 15 is 0 Å². The number of anilines is 1. The minimum absolute atomic E-state index is 0.0967. The van der Waals surface area contributed by atoms with Crippen molar-refractivity contribution in [3.63, 3.8) is 0 Å². The van der Waals surface area contributed by atoms with Crippen molar-refractivity contribution in [1.29, 1.82) is 0 Å². The van der Waals surface area contributed by atoms with Crippen LogP contribution in [0.3, 0.4) is 0 Å². The first kappa shape index (κ1) is 32.6. The molecule has 0 unspecified atom stereocenters. The van der Waals surface area contributed by atoms with Crippen molar-refractivity contribution in [3.05, 3.63) is 89.5 Å². The molecule has 0 aliphatic heterocycles. The van der Waals surface area contributed by atoms with E-state index in [0.29, 0.717) is 12.1 Å². The molecule has 1 fully saturated rings. The van der Waals surface area contributed by atoms with Crippen molar-refractivity contribution in [3.8, 4) is 0 Å². The van der Waals surface area contributed by atoms with Gasteiger partial charge in [0, 0.05) is 17.5 Å². The maximum atomic E-state index is 14.3. The number of carbonyl (C=O) groups excluding carboxylic acids is 2. The number of amides is 2. The second kappa shape index (κ2) is 14.9. The molecule has 1 saturated carbocycles. The molecule has 3 aromatic rings. The van der Waals surface area contributed by atoms with Crippen LogP contribution in [0.5, 0.6) is 0 Å². The van der Waals surface area contributed by atoms with Gasteiger partial charge in [0.05, 0.1) is 10.6 Å². The Hall–Kier alpha value is -3.30. The Morgan fingerprint density at radius 2 is 1.58 bits per heavy atom. The fourth-order valence-corrected chi connectivity index (χ4v) is 7.37. The first-order valence-electron chi connectivity index (χ1n) is 15.0. The highest BCUT2D eigenvalue weighted by Crippen LogP contribution is 2.27. The predicted octanol–water partition coefficient (Wildman–Crippen LogP) is 6.48. The van der Waals surface area contributed by atoms with Crippen LogP contribution in [0.25, 0.3) is 0 Å². The monoisotopic (exact) mass is 621 g/mol. The molecule has 2 amide bonds. The van der Waals surface area contributed by atoms with Crippen LogP contribution < -0.4 is 9.62 Å². The van der Waals surface area contributed by atoms with Gasteiger partial charge in [0.15, 0.2) is 0 Å². The third-order valence-corrected chi connectivity index (χ3v) is 10.7. The summed E-state index contributed by atoms with van der Waals surface area (Å²) < 4.78 is 29.4. The van der Waals surface area contributed by atoms with E-state index in [4.69, 9.17) is 0 Å². The molecule has 230 valence electrons. The minimum atomic E-state index is -4.10. The van der Waals surface area contributed by atoms with Crippen LogP contribution in [0.2, 0.25) is 0 Å². The average molecular weight is 622 g/mol. The predicted molar refractivity (Wildman–Crippen MR) is 175 cm³/mol. The van der Waals surface area contributed by atoms with Gasteiger partial charge < -0.3 is 10.2 Å². The third-order valence-electron chi connectivity index (χ3n) is 8.19. The van der Waals surface area contributed by atoms with Gasteiger partial charge in [-0.1, -0.05) is 68.1 Å². The molecule has 1 aliphatic rings. The number of nitrogens with one attached hydrogen (secondary N) is 1. The van der Waals surface area contributed by atoms with E-state index in [1.807, 2.05) is 63.4 Å². The average Bonchev–Trinajstić information content (AvgIpc) is 3.01. The highest BCUT2D eigenvalue weighted by molar-refractivity contribution is 7.98. The zero-order valence-electron chi connectivity index (χ0n) is 25.6. The summed E-state index contributed by atoms with van der Waals surface area (Å²) in [6, 6.07) is 20.9. The van der Waals surface area contributed by atoms with Gasteiger partial charge >= 0.3 is 0 Å². The highest BCUT2D eigenvalue weighted by Gasteiger charge is 2.34. The Labute approximate surface area is 261 Å². The van der Waals surface area contributed by atoms with Crippen LogP contribution >= 0.6 is 11.8 Å². The summed E-state index contributed by atoms with van der Waals surface area (Å²) in [5.74, 6) is -0.618. The van der Waals surface area contributed by atoms with Crippen molar-refractivity contribution in [2.45, 2.75) is 87.7 Å². The summed E-state index contributed by atoms with van der Waals surface area (Å²) in [6.07, 6.45) is 7.53. The van der Waals surface area contributed by atoms with Gasteiger partial charge in [-0.2, -0.15) is 0 Å². The van der Waals surface area contributed by atoms with E-state index in [2.05, 4.69) is 5.32 Å². The lowest BCUT2D eigenvalue weighted by Crippen LogP contribution is -2.54. The fourth-order valence-electron chi connectivity index (χ4n) is 5.55. The van der Waals surface area contributed by atoms with E-state index in [1.165, 1.54) is 22.5 Å². The molecule has 1 atom stereocenters. The molecule has 1 aliphatic carbocycles. The van der Waals surface area contributed by atoms with Gasteiger partial charge in [-0.3, -0.25) is 13.9 Å². The Bertz CT molecular complexity index is 1480. The van der Waals surface area contributed by atoms with E-state index < -0.39 is 28.5 Å². The van der Waals surface area contributed by atoms with Crippen LogP contribution in [0, 0.1) is 13.8 Å².